The highest BCUT2D eigenvalue weighted by Gasteiger charge is 2.40. The van der Waals surface area contributed by atoms with E-state index in [2.05, 4.69) is 19.2 Å². The van der Waals surface area contributed by atoms with Crippen LogP contribution in [-0.4, -0.2) is 31.4 Å². The maximum Gasteiger partial charge on any atom is 0.244 e. The summed E-state index contributed by atoms with van der Waals surface area (Å²) in [6, 6.07) is 2.03. The van der Waals surface area contributed by atoms with Crippen LogP contribution in [0.4, 0.5) is 0 Å². The number of nitrogens with zero attached hydrogens (tertiary/aromatic N) is 1. The van der Waals surface area contributed by atoms with Crippen molar-refractivity contribution in [2.24, 2.45) is 0 Å². The highest BCUT2D eigenvalue weighted by Crippen LogP contribution is 2.34. The van der Waals surface area contributed by atoms with Crippen LogP contribution in [-0.2, 0) is 16.6 Å². The zero-order valence-corrected chi connectivity index (χ0v) is 14.8. The second-order valence-electron chi connectivity index (χ2n) is 5.71. The first-order valence-corrected chi connectivity index (χ1v) is 10.1. The van der Waals surface area contributed by atoms with Gasteiger partial charge in [0.1, 0.15) is 0 Å². The Labute approximate surface area is 132 Å². The summed E-state index contributed by atoms with van der Waals surface area (Å²) in [4.78, 5) is 1.43. The third kappa shape index (κ3) is 3.50. The topological polar surface area (TPSA) is 49.4 Å². The van der Waals surface area contributed by atoms with Gasteiger partial charge in [-0.2, -0.15) is 4.31 Å². The molecule has 21 heavy (non-hydrogen) atoms. The summed E-state index contributed by atoms with van der Waals surface area (Å²) >= 11 is 1.53. The molecule has 120 valence electrons. The summed E-state index contributed by atoms with van der Waals surface area (Å²) in [5, 5.41) is 5.19. The van der Waals surface area contributed by atoms with Crippen LogP contribution >= 0.6 is 11.3 Å². The molecule has 1 N–H and O–H groups in total. The Kier molecular flexibility index (Phi) is 5.82. The molecule has 1 aromatic rings. The Morgan fingerprint density at radius 2 is 2.14 bits per heavy atom. The standard InChI is InChI=1S/C15H26N2O2S2/c1-4-9-16-11-14-15(8-10-20-14)21(18,19)17-12(3)6-7-13(17)5-2/h8,10,12-13,16H,4-7,9,11H2,1-3H3. The van der Waals surface area contributed by atoms with Gasteiger partial charge in [0.05, 0.1) is 4.90 Å². The third-order valence-corrected chi connectivity index (χ3v) is 7.36. The quantitative estimate of drug-likeness (QED) is 0.781. The van der Waals surface area contributed by atoms with Gasteiger partial charge >= 0.3 is 0 Å². The molecule has 1 saturated heterocycles. The zero-order valence-electron chi connectivity index (χ0n) is 13.1. The van der Waals surface area contributed by atoms with E-state index in [4.69, 9.17) is 0 Å². The van der Waals surface area contributed by atoms with Crippen LogP contribution in [0.2, 0.25) is 0 Å². The number of hydrogen-bond donors (Lipinski definition) is 1. The molecule has 2 rings (SSSR count). The molecular weight excluding hydrogens is 304 g/mol. The first-order chi connectivity index (χ1) is 10.0. The van der Waals surface area contributed by atoms with Crippen LogP contribution < -0.4 is 5.32 Å². The molecule has 0 amide bonds. The zero-order chi connectivity index (χ0) is 15.5. The Balaban J connectivity index is 2.25. The van der Waals surface area contributed by atoms with Gasteiger partial charge in [0, 0.05) is 23.5 Å². The second kappa shape index (κ2) is 7.22. The van der Waals surface area contributed by atoms with E-state index >= 15 is 0 Å². The molecule has 6 heteroatoms. The second-order valence-corrected chi connectivity index (χ2v) is 8.52. The average Bonchev–Trinajstić information content (AvgIpc) is 3.06. The van der Waals surface area contributed by atoms with E-state index in [9.17, 15) is 8.42 Å². The van der Waals surface area contributed by atoms with Gasteiger partial charge in [-0.3, -0.25) is 0 Å². The number of hydrogen-bond acceptors (Lipinski definition) is 4. The van der Waals surface area contributed by atoms with Crippen LogP contribution in [0, 0.1) is 0 Å². The largest absolute Gasteiger partial charge is 0.312 e. The van der Waals surface area contributed by atoms with Crippen LogP contribution in [0.5, 0.6) is 0 Å². The lowest BCUT2D eigenvalue weighted by Gasteiger charge is -2.27. The highest BCUT2D eigenvalue weighted by atomic mass is 32.2. The van der Waals surface area contributed by atoms with E-state index in [0.717, 1.165) is 37.1 Å². The van der Waals surface area contributed by atoms with Gasteiger partial charge in [-0.1, -0.05) is 13.8 Å². The lowest BCUT2D eigenvalue weighted by atomic mass is 10.2. The fourth-order valence-electron chi connectivity index (χ4n) is 3.05. The SMILES string of the molecule is CCCNCc1sccc1S(=O)(=O)N1C(C)CCC1CC. The number of thiophene rings is 1. The molecule has 0 saturated carbocycles. The van der Waals surface area contributed by atoms with Crippen molar-refractivity contribution in [3.63, 3.8) is 0 Å². The van der Waals surface area contributed by atoms with Gasteiger partial charge in [-0.15, -0.1) is 11.3 Å². The predicted molar refractivity (Wildman–Crippen MR) is 88.1 cm³/mol. The summed E-state index contributed by atoms with van der Waals surface area (Å²) in [5.41, 5.74) is 0. The lowest BCUT2D eigenvalue weighted by molar-refractivity contribution is 0.328. The van der Waals surface area contributed by atoms with Gasteiger partial charge in [0.25, 0.3) is 0 Å². The summed E-state index contributed by atoms with van der Waals surface area (Å²) < 4.78 is 27.8. The van der Waals surface area contributed by atoms with Crippen LogP contribution in [0.3, 0.4) is 0 Å². The lowest BCUT2D eigenvalue weighted by Crippen LogP contribution is -2.39. The number of sulfonamides is 1. The summed E-state index contributed by atoms with van der Waals surface area (Å²) in [5.74, 6) is 0. The van der Waals surface area contributed by atoms with Crippen molar-refractivity contribution < 1.29 is 8.42 Å². The first kappa shape index (κ1) is 16.9. The van der Waals surface area contributed by atoms with Crippen molar-refractivity contribution >= 4 is 21.4 Å². The van der Waals surface area contributed by atoms with Crippen molar-refractivity contribution in [2.45, 2.75) is 70.0 Å². The van der Waals surface area contributed by atoms with Crippen LogP contribution in [0.1, 0.15) is 51.3 Å². The minimum Gasteiger partial charge on any atom is -0.312 e. The van der Waals surface area contributed by atoms with Gasteiger partial charge in [0.15, 0.2) is 0 Å². The Bertz CT molecular complexity index is 554. The van der Waals surface area contributed by atoms with E-state index < -0.39 is 10.0 Å². The molecule has 0 radical (unpaired) electrons. The van der Waals surface area contributed by atoms with E-state index in [-0.39, 0.29) is 12.1 Å². The van der Waals surface area contributed by atoms with Crippen molar-refractivity contribution in [1.29, 1.82) is 0 Å². The van der Waals surface area contributed by atoms with E-state index in [1.807, 2.05) is 12.3 Å². The minimum absolute atomic E-state index is 0.108. The van der Waals surface area contributed by atoms with Crippen molar-refractivity contribution in [1.82, 2.24) is 9.62 Å². The molecule has 2 heterocycles. The average molecular weight is 331 g/mol. The molecule has 0 bridgehead atoms. The Hall–Kier alpha value is -0.430. The normalized spacial score (nSPS) is 23.8. The molecule has 2 atom stereocenters. The molecule has 0 aromatic carbocycles. The van der Waals surface area contributed by atoms with E-state index in [0.29, 0.717) is 11.4 Å². The fourth-order valence-corrected chi connectivity index (χ4v) is 6.38. The Morgan fingerprint density at radius 3 is 2.81 bits per heavy atom. The minimum atomic E-state index is -3.37. The van der Waals surface area contributed by atoms with Gasteiger partial charge in [0.2, 0.25) is 10.0 Å². The smallest absolute Gasteiger partial charge is 0.244 e. The first-order valence-electron chi connectivity index (χ1n) is 7.83. The highest BCUT2D eigenvalue weighted by molar-refractivity contribution is 7.89. The molecule has 0 spiro atoms. The molecule has 1 aliphatic rings. The maximum absolute atomic E-state index is 13.0. The Morgan fingerprint density at radius 1 is 1.38 bits per heavy atom. The van der Waals surface area contributed by atoms with Gasteiger partial charge < -0.3 is 5.32 Å². The van der Waals surface area contributed by atoms with Crippen molar-refractivity contribution in [2.75, 3.05) is 6.54 Å². The fraction of sp³-hybridized carbons (Fsp3) is 0.733. The van der Waals surface area contributed by atoms with Crippen molar-refractivity contribution in [3.05, 3.63) is 16.3 Å². The number of rotatable bonds is 7. The molecular formula is C15H26N2O2S2. The van der Waals surface area contributed by atoms with Crippen LogP contribution in [0.15, 0.2) is 16.3 Å². The molecule has 1 fully saturated rings. The van der Waals surface area contributed by atoms with Gasteiger partial charge in [-0.25, -0.2) is 8.42 Å². The molecule has 1 aliphatic heterocycles. The van der Waals surface area contributed by atoms with Gasteiger partial charge in [-0.05, 0) is 50.6 Å². The molecule has 2 unspecified atom stereocenters. The predicted octanol–water partition coefficient (Wildman–Crippen LogP) is 3.20. The molecule has 4 nitrogen and oxygen atoms in total. The van der Waals surface area contributed by atoms with E-state index in [1.165, 1.54) is 11.3 Å². The number of nitrogens with one attached hydrogen (secondary N) is 1. The van der Waals surface area contributed by atoms with Crippen molar-refractivity contribution in [3.8, 4) is 0 Å². The molecule has 0 aliphatic carbocycles. The maximum atomic E-state index is 13.0. The van der Waals surface area contributed by atoms with Crippen LogP contribution in [0.25, 0.3) is 0 Å². The third-order valence-electron chi connectivity index (χ3n) is 4.16. The monoisotopic (exact) mass is 330 g/mol. The summed E-state index contributed by atoms with van der Waals surface area (Å²) in [6.07, 6.45) is 3.88. The summed E-state index contributed by atoms with van der Waals surface area (Å²) in [6.45, 7) is 7.75. The molecule has 1 aromatic heterocycles. The summed E-state index contributed by atoms with van der Waals surface area (Å²) in [7, 11) is -3.37. The van der Waals surface area contributed by atoms with E-state index in [1.54, 1.807) is 10.4 Å².